The molecule has 0 aromatic heterocycles. The van der Waals surface area contributed by atoms with Crippen molar-refractivity contribution in [2.75, 3.05) is 26.2 Å². The van der Waals surface area contributed by atoms with E-state index in [-0.39, 0.29) is 18.3 Å². The van der Waals surface area contributed by atoms with Gasteiger partial charge in [-0.3, -0.25) is 4.79 Å². The Kier molecular flexibility index (Phi) is 6.46. The third kappa shape index (κ3) is 4.34. The Morgan fingerprint density at radius 3 is 2.58 bits per heavy atom. The molecule has 0 unspecified atom stereocenters. The highest BCUT2D eigenvalue weighted by atomic mass is 35.5. The van der Waals surface area contributed by atoms with Crippen LogP contribution in [0.5, 0.6) is 5.75 Å². The Hall–Kier alpha value is -1.26. The molecule has 3 aliphatic rings. The van der Waals surface area contributed by atoms with Gasteiger partial charge in [0.15, 0.2) is 0 Å². The predicted octanol–water partition coefficient (Wildman–Crippen LogP) is 4.04. The number of halogens is 1. The molecule has 4 nitrogen and oxygen atoms in total. The molecule has 4 rings (SSSR count). The van der Waals surface area contributed by atoms with Crippen molar-refractivity contribution in [1.29, 1.82) is 0 Å². The van der Waals surface area contributed by atoms with E-state index in [2.05, 4.69) is 5.32 Å². The number of ether oxygens (including phenoxy) is 1. The van der Waals surface area contributed by atoms with Gasteiger partial charge < -0.3 is 15.0 Å². The minimum atomic E-state index is 0. The summed E-state index contributed by atoms with van der Waals surface area (Å²) in [6, 6.07) is 7.81. The van der Waals surface area contributed by atoms with E-state index in [1.54, 1.807) is 0 Å². The normalized spacial score (nSPS) is 22.8. The standard InChI is InChI=1S/C21H30N2O2.ClH/c24-20(23-13-10-21(11-14-23)9-12-22-16-21)17-5-4-8-19(15-17)25-18-6-2-1-3-7-18;/h4-5,8,15,18,22H,1-3,6-7,9-14,16H2;1H. The molecule has 0 radical (unpaired) electrons. The molecule has 144 valence electrons. The van der Waals surface area contributed by atoms with Gasteiger partial charge in [0.05, 0.1) is 6.10 Å². The van der Waals surface area contributed by atoms with Gasteiger partial charge in [-0.2, -0.15) is 0 Å². The maximum Gasteiger partial charge on any atom is 0.253 e. The fourth-order valence-corrected chi connectivity index (χ4v) is 4.67. The lowest BCUT2D eigenvalue weighted by atomic mass is 9.78. The summed E-state index contributed by atoms with van der Waals surface area (Å²) in [5.74, 6) is 1.01. The number of carbonyl (C=O) groups excluding carboxylic acids is 1. The van der Waals surface area contributed by atoms with Crippen molar-refractivity contribution in [2.24, 2.45) is 5.41 Å². The molecule has 1 N–H and O–H groups in total. The van der Waals surface area contributed by atoms with Crippen molar-refractivity contribution < 1.29 is 9.53 Å². The number of carbonyl (C=O) groups is 1. The van der Waals surface area contributed by atoms with E-state index in [9.17, 15) is 4.79 Å². The summed E-state index contributed by atoms with van der Waals surface area (Å²) in [4.78, 5) is 14.9. The number of nitrogens with one attached hydrogen (secondary N) is 1. The zero-order valence-electron chi connectivity index (χ0n) is 15.5. The highest BCUT2D eigenvalue weighted by Crippen LogP contribution is 2.37. The molecular weight excluding hydrogens is 348 g/mol. The second-order valence-electron chi connectivity index (χ2n) is 8.12. The average Bonchev–Trinajstić information content (AvgIpc) is 3.11. The molecule has 5 heteroatoms. The van der Waals surface area contributed by atoms with Crippen LogP contribution in [0.4, 0.5) is 0 Å². The molecule has 0 bridgehead atoms. The number of likely N-dealkylation sites (tertiary alicyclic amines) is 1. The van der Waals surface area contributed by atoms with Gasteiger partial charge in [0.25, 0.3) is 5.91 Å². The molecule has 0 atom stereocenters. The van der Waals surface area contributed by atoms with E-state index in [1.807, 2.05) is 29.2 Å². The number of amides is 1. The summed E-state index contributed by atoms with van der Waals surface area (Å²) >= 11 is 0. The van der Waals surface area contributed by atoms with Gasteiger partial charge in [0.2, 0.25) is 0 Å². The zero-order chi connectivity index (χ0) is 17.1. The van der Waals surface area contributed by atoms with E-state index in [0.717, 1.165) is 63.2 Å². The van der Waals surface area contributed by atoms with Crippen molar-refractivity contribution >= 4 is 18.3 Å². The van der Waals surface area contributed by atoms with Crippen molar-refractivity contribution in [2.45, 2.75) is 57.5 Å². The number of rotatable bonds is 3. The van der Waals surface area contributed by atoms with Crippen LogP contribution in [0.25, 0.3) is 0 Å². The average molecular weight is 379 g/mol. The van der Waals surface area contributed by atoms with Gasteiger partial charge in [-0.15, -0.1) is 12.4 Å². The highest BCUT2D eigenvalue weighted by Gasteiger charge is 2.38. The maximum atomic E-state index is 12.9. The second kappa shape index (κ2) is 8.62. The molecule has 1 saturated carbocycles. The van der Waals surface area contributed by atoms with Gasteiger partial charge in [-0.05, 0) is 75.1 Å². The van der Waals surface area contributed by atoms with Crippen molar-refractivity contribution in [3.63, 3.8) is 0 Å². The van der Waals surface area contributed by atoms with Gasteiger partial charge >= 0.3 is 0 Å². The summed E-state index contributed by atoms with van der Waals surface area (Å²) in [5.41, 5.74) is 1.22. The lowest BCUT2D eigenvalue weighted by Crippen LogP contribution is -2.44. The number of hydrogen-bond donors (Lipinski definition) is 1. The largest absolute Gasteiger partial charge is 0.490 e. The molecule has 2 saturated heterocycles. The van der Waals surface area contributed by atoms with E-state index >= 15 is 0 Å². The third-order valence-corrected chi connectivity index (χ3v) is 6.38. The predicted molar refractivity (Wildman–Crippen MR) is 106 cm³/mol. The van der Waals surface area contributed by atoms with Crippen LogP contribution in [0, 0.1) is 5.41 Å². The summed E-state index contributed by atoms with van der Waals surface area (Å²) in [6.45, 7) is 4.02. The SMILES string of the molecule is Cl.O=C(c1cccc(OC2CCCCC2)c1)N1CCC2(CCNC2)CC1. The van der Waals surface area contributed by atoms with E-state index in [4.69, 9.17) is 4.74 Å². The second-order valence-corrected chi connectivity index (χ2v) is 8.12. The van der Waals surface area contributed by atoms with Gasteiger partial charge in [0.1, 0.15) is 5.75 Å². The molecular formula is C21H31ClN2O2. The summed E-state index contributed by atoms with van der Waals surface area (Å²) < 4.78 is 6.13. The Bertz CT molecular complexity index is 600. The summed E-state index contributed by atoms with van der Waals surface area (Å²) in [5, 5.41) is 3.48. The Labute approximate surface area is 163 Å². The molecule has 1 aliphatic carbocycles. The molecule has 1 amide bonds. The first kappa shape index (κ1) is 19.5. The van der Waals surface area contributed by atoms with Crippen LogP contribution in [0.3, 0.4) is 0 Å². The number of benzene rings is 1. The molecule has 3 fully saturated rings. The molecule has 1 aromatic carbocycles. The fraction of sp³-hybridized carbons (Fsp3) is 0.667. The van der Waals surface area contributed by atoms with Crippen LogP contribution in [0.2, 0.25) is 0 Å². The van der Waals surface area contributed by atoms with E-state index in [1.165, 1.54) is 25.7 Å². The topological polar surface area (TPSA) is 41.6 Å². The smallest absolute Gasteiger partial charge is 0.253 e. The number of nitrogens with zero attached hydrogens (tertiary/aromatic N) is 1. The first-order valence-electron chi connectivity index (χ1n) is 10.0. The summed E-state index contributed by atoms with van der Waals surface area (Å²) in [6.07, 6.45) is 9.96. The van der Waals surface area contributed by atoms with Crippen LogP contribution >= 0.6 is 12.4 Å². The monoisotopic (exact) mass is 378 g/mol. The van der Waals surface area contributed by atoms with Gasteiger partial charge in [-0.25, -0.2) is 0 Å². The Morgan fingerprint density at radius 2 is 1.88 bits per heavy atom. The van der Waals surface area contributed by atoms with Crippen LogP contribution in [0.15, 0.2) is 24.3 Å². The molecule has 1 spiro atoms. The highest BCUT2D eigenvalue weighted by molar-refractivity contribution is 5.94. The van der Waals surface area contributed by atoms with Crippen LogP contribution in [-0.4, -0.2) is 43.1 Å². The third-order valence-electron chi connectivity index (χ3n) is 6.38. The first-order chi connectivity index (χ1) is 12.2. The molecule has 26 heavy (non-hydrogen) atoms. The lowest BCUT2D eigenvalue weighted by molar-refractivity contribution is 0.0606. The minimum absolute atomic E-state index is 0. The lowest BCUT2D eigenvalue weighted by Gasteiger charge is -2.39. The maximum absolute atomic E-state index is 12.9. The summed E-state index contributed by atoms with van der Waals surface area (Å²) in [7, 11) is 0. The quantitative estimate of drug-likeness (QED) is 0.863. The molecule has 2 heterocycles. The first-order valence-corrected chi connectivity index (χ1v) is 10.0. The zero-order valence-corrected chi connectivity index (χ0v) is 16.4. The van der Waals surface area contributed by atoms with Gasteiger partial charge in [0, 0.05) is 25.2 Å². The molecule has 2 aliphatic heterocycles. The van der Waals surface area contributed by atoms with Crippen molar-refractivity contribution in [1.82, 2.24) is 10.2 Å². The van der Waals surface area contributed by atoms with Crippen LogP contribution in [-0.2, 0) is 0 Å². The Balaban J connectivity index is 0.00000196. The number of piperidine rings is 1. The van der Waals surface area contributed by atoms with E-state index in [0.29, 0.717) is 11.5 Å². The van der Waals surface area contributed by atoms with Crippen LogP contribution < -0.4 is 10.1 Å². The van der Waals surface area contributed by atoms with Crippen molar-refractivity contribution in [3.05, 3.63) is 29.8 Å². The molecule has 1 aromatic rings. The fourth-order valence-electron chi connectivity index (χ4n) is 4.67. The van der Waals surface area contributed by atoms with Crippen LogP contribution in [0.1, 0.15) is 61.7 Å². The number of hydrogen-bond acceptors (Lipinski definition) is 3. The van der Waals surface area contributed by atoms with Crippen molar-refractivity contribution in [3.8, 4) is 5.75 Å². The minimum Gasteiger partial charge on any atom is -0.490 e. The Morgan fingerprint density at radius 1 is 1.12 bits per heavy atom. The van der Waals surface area contributed by atoms with E-state index < -0.39 is 0 Å². The van der Waals surface area contributed by atoms with Gasteiger partial charge in [-0.1, -0.05) is 12.5 Å².